The largest absolute Gasteiger partial charge is 0.481 e. The summed E-state index contributed by atoms with van der Waals surface area (Å²) in [6, 6.07) is 0. The molecular formula is C15H25NO2. The molecule has 3 nitrogen and oxygen atoms in total. The Labute approximate surface area is 109 Å². The lowest BCUT2D eigenvalue weighted by Gasteiger charge is -2.66. The lowest BCUT2D eigenvalue weighted by Crippen LogP contribution is -2.65. The van der Waals surface area contributed by atoms with Crippen LogP contribution < -0.4 is 5.73 Å². The van der Waals surface area contributed by atoms with E-state index in [9.17, 15) is 9.90 Å². The molecule has 0 aromatic carbocycles. The number of hydrogen-bond acceptors (Lipinski definition) is 2. The lowest BCUT2D eigenvalue weighted by atomic mass is 9.38. The second-order valence-electron chi connectivity index (χ2n) is 7.14. The summed E-state index contributed by atoms with van der Waals surface area (Å²) in [6.45, 7) is 5.21. The molecule has 0 aromatic rings. The number of carboxylic acids is 1. The van der Waals surface area contributed by atoms with Gasteiger partial charge >= 0.3 is 5.97 Å². The Balaban J connectivity index is 1.87. The summed E-state index contributed by atoms with van der Waals surface area (Å²) in [5.41, 5.74) is 6.46. The summed E-state index contributed by atoms with van der Waals surface area (Å²) in [5, 5.41) is 9.20. The highest BCUT2D eigenvalue weighted by Gasteiger charge is 2.70. The molecule has 0 amide bonds. The van der Waals surface area contributed by atoms with Crippen LogP contribution in [0.15, 0.2) is 0 Å². The van der Waals surface area contributed by atoms with Crippen LogP contribution in [-0.4, -0.2) is 17.6 Å². The smallest absolute Gasteiger partial charge is 0.303 e. The molecule has 3 saturated carbocycles. The highest BCUT2D eigenvalue weighted by atomic mass is 16.4. The van der Waals surface area contributed by atoms with Gasteiger partial charge in [0.1, 0.15) is 0 Å². The van der Waals surface area contributed by atoms with Crippen LogP contribution in [0.4, 0.5) is 0 Å². The van der Waals surface area contributed by atoms with E-state index in [0.29, 0.717) is 23.8 Å². The van der Waals surface area contributed by atoms with Crippen molar-refractivity contribution in [2.24, 2.45) is 40.2 Å². The van der Waals surface area contributed by atoms with Crippen molar-refractivity contribution in [2.75, 3.05) is 6.54 Å². The van der Waals surface area contributed by atoms with Gasteiger partial charge in [-0.1, -0.05) is 13.8 Å². The number of fused-ring (bicyclic) bond motifs is 2. The predicted octanol–water partition coefficient (Wildman–Crippen LogP) is 2.50. The first-order valence-electron chi connectivity index (χ1n) is 7.40. The van der Waals surface area contributed by atoms with Crippen molar-refractivity contribution in [1.82, 2.24) is 0 Å². The topological polar surface area (TPSA) is 63.3 Å². The molecule has 3 fully saturated rings. The van der Waals surface area contributed by atoms with Crippen LogP contribution >= 0.6 is 0 Å². The van der Waals surface area contributed by atoms with Gasteiger partial charge in [-0.2, -0.15) is 0 Å². The zero-order chi connectivity index (χ0) is 13.1. The van der Waals surface area contributed by atoms with Gasteiger partial charge in [0.25, 0.3) is 0 Å². The second-order valence-corrected chi connectivity index (χ2v) is 7.14. The van der Waals surface area contributed by atoms with Gasteiger partial charge in [-0.05, 0) is 66.7 Å². The molecule has 1 spiro atoms. The molecule has 3 aliphatic carbocycles. The van der Waals surface area contributed by atoms with Gasteiger partial charge in [-0.25, -0.2) is 0 Å². The fourth-order valence-corrected chi connectivity index (χ4v) is 5.65. The monoisotopic (exact) mass is 251 g/mol. The molecular weight excluding hydrogens is 226 g/mol. The van der Waals surface area contributed by atoms with Gasteiger partial charge < -0.3 is 10.8 Å². The zero-order valence-corrected chi connectivity index (χ0v) is 11.5. The van der Waals surface area contributed by atoms with E-state index in [-0.39, 0.29) is 11.8 Å². The van der Waals surface area contributed by atoms with Crippen molar-refractivity contribution < 1.29 is 9.90 Å². The molecule has 3 rings (SSSR count). The van der Waals surface area contributed by atoms with Gasteiger partial charge in [0.15, 0.2) is 0 Å². The van der Waals surface area contributed by atoms with Gasteiger partial charge in [0, 0.05) is 0 Å². The molecule has 0 unspecified atom stereocenters. The molecule has 5 atom stereocenters. The molecule has 0 bridgehead atoms. The van der Waals surface area contributed by atoms with Gasteiger partial charge in [0.05, 0.1) is 6.42 Å². The maximum absolute atomic E-state index is 11.2. The summed E-state index contributed by atoms with van der Waals surface area (Å²) in [7, 11) is 0. The lowest BCUT2D eigenvalue weighted by molar-refractivity contribution is -0.191. The van der Waals surface area contributed by atoms with Crippen LogP contribution in [0.5, 0.6) is 0 Å². The Hall–Kier alpha value is -0.570. The van der Waals surface area contributed by atoms with E-state index in [2.05, 4.69) is 13.8 Å². The number of nitrogens with two attached hydrogens (primary N) is 1. The summed E-state index contributed by atoms with van der Waals surface area (Å²) in [5.74, 6) is 1.99. The first-order valence-corrected chi connectivity index (χ1v) is 7.40. The van der Waals surface area contributed by atoms with E-state index in [1.54, 1.807) is 0 Å². The number of carboxylic acid groups (broad SMARTS) is 1. The highest BCUT2D eigenvalue weighted by molar-refractivity contribution is 5.68. The van der Waals surface area contributed by atoms with E-state index in [1.807, 2.05) is 0 Å². The normalized spacial score (nSPS) is 48.4. The van der Waals surface area contributed by atoms with Crippen LogP contribution in [0.3, 0.4) is 0 Å². The van der Waals surface area contributed by atoms with Gasteiger partial charge in [0.2, 0.25) is 0 Å². The zero-order valence-electron chi connectivity index (χ0n) is 11.5. The molecule has 18 heavy (non-hydrogen) atoms. The van der Waals surface area contributed by atoms with Crippen LogP contribution in [0, 0.1) is 34.5 Å². The Morgan fingerprint density at radius 2 is 2.00 bits per heavy atom. The third kappa shape index (κ3) is 1.31. The van der Waals surface area contributed by atoms with Crippen molar-refractivity contribution in [3.05, 3.63) is 0 Å². The maximum atomic E-state index is 11.2. The predicted molar refractivity (Wildman–Crippen MR) is 69.9 cm³/mol. The molecule has 0 aliphatic heterocycles. The second kappa shape index (κ2) is 3.72. The summed E-state index contributed by atoms with van der Waals surface area (Å²) < 4.78 is 0. The average Bonchev–Trinajstić information content (AvgIpc) is 3.10. The summed E-state index contributed by atoms with van der Waals surface area (Å²) >= 11 is 0. The number of aliphatic carboxylic acids is 1. The van der Waals surface area contributed by atoms with E-state index < -0.39 is 5.97 Å². The third-order valence-electron chi connectivity index (χ3n) is 6.86. The number of hydrogen-bond donors (Lipinski definition) is 2. The fraction of sp³-hybridized carbons (Fsp3) is 0.933. The molecule has 0 radical (unpaired) electrons. The van der Waals surface area contributed by atoms with E-state index in [4.69, 9.17) is 5.73 Å². The molecule has 0 aromatic heterocycles. The van der Waals surface area contributed by atoms with Crippen molar-refractivity contribution in [3.63, 3.8) is 0 Å². The minimum absolute atomic E-state index is 0.105. The van der Waals surface area contributed by atoms with Crippen molar-refractivity contribution in [3.8, 4) is 0 Å². The van der Waals surface area contributed by atoms with Gasteiger partial charge in [-0.3, -0.25) is 4.79 Å². The minimum atomic E-state index is -0.672. The van der Waals surface area contributed by atoms with Crippen LogP contribution in [0.25, 0.3) is 0 Å². The first kappa shape index (κ1) is 12.5. The SMILES string of the molecule is C[C@@H]1CC[C@H]2[C@H]([C@@H](C)[C@@]2(CN)CC(=O)O)C12CC2. The maximum Gasteiger partial charge on any atom is 0.303 e. The van der Waals surface area contributed by atoms with Crippen LogP contribution in [0.1, 0.15) is 46.0 Å². The van der Waals surface area contributed by atoms with Crippen molar-refractivity contribution >= 4 is 5.97 Å². The molecule has 0 saturated heterocycles. The summed E-state index contributed by atoms with van der Waals surface area (Å²) in [6.07, 6.45) is 5.48. The Bertz CT molecular complexity index is 377. The molecule has 102 valence electrons. The molecule has 0 heterocycles. The fourth-order valence-electron chi connectivity index (χ4n) is 5.65. The molecule has 3 N–H and O–H groups in total. The number of rotatable bonds is 3. The Morgan fingerprint density at radius 3 is 2.50 bits per heavy atom. The molecule has 3 aliphatic rings. The minimum Gasteiger partial charge on any atom is -0.481 e. The Kier molecular flexibility index (Phi) is 2.58. The summed E-state index contributed by atoms with van der Waals surface area (Å²) in [4.78, 5) is 11.2. The van der Waals surface area contributed by atoms with E-state index in [1.165, 1.54) is 25.7 Å². The van der Waals surface area contributed by atoms with E-state index in [0.717, 1.165) is 11.8 Å². The van der Waals surface area contributed by atoms with Gasteiger partial charge in [-0.15, -0.1) is 0 Å². The van der Waals surface area contributed by atoms with Crippen LogP contribution in [-0.2, 0) is 4.79 Å². The van der Waals surface area contributed by atoms with Crippen molar-refractivity contribution in [2.45, 2.75) is 46.0 Å². The van der Waals surface area contributed by atoms with Crippen LogP contribution in [0.2, 0.25) is 0 Å². The number of carbonyl (C=O) groups is 1. The molecule has 3 heteroatoms. The average molecular weight is 251 g/mol. The first-order chi connectivity index (χ1) is 8.48. The quantitative estimate of drug-likeness (QED) is 0.810. The standard InChI is InChI=1S/C15H25NO2/c1-9-3-4-11-13(14(9)5-6-14)10(2)15(11,8-16)7-12(17)18/h9-11,13H,3-8,16H2,1-2H3,(H,17,18)/t9-,10-,11+,13+,15+/m1/s1. The highest BCUT2D eigenvalue weighted by Crippen LogP contribution is 2.76. The van der Waals surface area contributed by atoms with E-state index >= 15 is 0 Å². The third-order valence-corrected chi connectivity index (χ3v) is 6.86. The Morgan fingerprint density at radius 1 is 1.33 bits per heavy atom. The van der Waals surface area contributed by atoms with Crippen molar-refractivity contribution in [1.29, 1.82) is 0 Å².